The molecule has 7 N–H and O–H groups in total. The minimum atomic E-state index is -2.00. The molecule has 1 heterocycles. The molecule has 1 amide bonds. The van der Waals surface area contributed by atoms with Crippen molar-refractivity contribution in [3.8, 4) is 0 Å². The van der Waals surface area contributed by atoms with E-state index >= 15 is 0 Å². The standard InChI is InChI=1S/C18H33NO11S/c1-2-3-28-4-5-29-6-7-31-18(17(26)27)8-11(22)14(19-13(24)10-21)16(30-18)15(25)12(23)9-20/h11-12,14-16,20-23,25H,2-10H2,1H3,(H,19,24)(H,26,27)/t11-,12+,14+,15+,16+,18?/m0/s1. The predicted octanol–water partition coefficient (Wildman–Crippen LogP) is -2.72. The van der Waals surface area contributed by atoms with Crippen LogP contribution in [0.3, 0.4) is 0 Å². The van der Waals surface area contributed by atoms with Gasteiger partial charge < -0.3 is 50.2 Å². The van der Waals surface area contributed by atoms with Gasteiger partial charge >= 0.3 is 5.97 Å². The Kier molecular flexibility index (Phi) is 12.8. The smallest absolute Gasteiger partial charge is 0.346 e. The number of amides is 1. The number of carbonyl (C=O) groups excluding carboxylic acids is 1. The number of ether oxygens (including phenoxy) is 3. The lowest BCUT2D eigenvalue weighted by Crippen LogP contribution is -2.66. The highest BCUT2D eigenvalue weighted by Crippen LogP contribution is 2.40. The monoisotopic (exact) mass is 471 g/mol. The van der Waals surface area contributed by atoms with E-state index in [1.54, 1.807) is 0 Å². The van der Waals surface area contributed by atoms with Crippen molar-refractivity contribution < 1.29 is 54.4 Å². The van der Waals surface area contributed by atoms with E-state index < -0.39 is 66.9 Å². The maximum Gasteiger partial charge on any atom is 0.346 e. The number of nitrogens with one attached hydrogen (secondary N) is 1. The summed E-state index contributed by atoms with van der Waals surface area (Å²) >= 11 is 0.827. The van der Waals surface area contributed by atoms with Crippen molar-refractivity contribution in [2.24, 2.45) is 0 Å². The Morgan fingerprint density at radius 1 is 1.19 bits per heavy atom. The summed E-state index contributed by atoms with van der Waals surface area (Å²) < 4.78 is 16.3. The fourth-order valence-corrected chi connectivity index (χ4v) is 4.13. The number of carboxylic acids is 1. The third-order valence-electron chi connectivity index (χ3n) is 4.57. The molecule has 0 spiro atoms. The van der Waals surface area contributed by atoms with Gasteiger partial charge in [0.1, 0.15) is 24.9 Å². The van der Waals surface area contributed by atoms with E-state index in [-0.39, 0.29) is 12.4 Å². The summed E-state index contributed by atoms with van der Waals surface area (Å²) in [6.45, 7) is 1.71. The van der Waals surface area contributed by atoms with Crippen LogP contribution in [0.1, 0.15) is 19.8 Å². The van der Waals surface area contributed by atoms with Crippen molar-refractivity contribution in [3.05, 3.63) is 0 Å². The molecule has 1 aliphatic heterocycles. The van der Waals surface area contributed by atoms with Crippen LogP contribution in [0.4, 0.5) is 0 Å². The quantitative estimate of drug-likeness (QED) is 0.122. The highest BCUT2D eigenvalue weighted by Gasteiger charge is 2.55. The molecule has 0 bridgehead atoms. The highest BCUT2D eigenvalue weighted by atomic mass is 32.2. The van der Waals surface area contributed by atoms with E-state index in [4.69, 9.17) is 24.4 Å². The van der Waals surface area contributed by atoms with Crippen LogP contribution in [-0.2, 0) is 23.8 Å². The fourth-order valence-electron chi connectivity index (χ4n) is 3.01. The number of carboxylic acid groups (broad SMARTS) is 1. The molecule has 0 radical (unpaired) electrons. The molecule has 0 saturated carbocycles. The van der Waals surface area contributed by atoms with Gasteiger partial charge in [-0.2, -0.15) is 0 Å². The van der Waals surface area contributed by atoms with Crippen LogP contribution in [0, 0.1) is 0 Å². The molecule has 0 aromatic rings. The van der Waals surface area contributed by atoms with Crippen LogP contribution < -0.4 is 5.32 Å². The van der Waals surface area contributed by atoms with Crippen LogP contribution in [-0.4, -0.2) is 123 Å². The third-order valence-corrected chi connectivity index (χ3v) is 5.85. The summed E-state index contributed by atoms with van der Waals surface area (Å²) in [7, 11) is 0. The molecular weight excluding hydrogens is 438 g/mol. The van der Waals surface area contributed by atoms with Gasteiger partial charge in [0.05, 0.1) is 38.6 Å². The summed E-state index contributed by atoms with van der Waals surface area (Å²) in [5.41, 5.74) is 0. The normalized spacial score (nSPS) is 28.1. The predicted molar refractivity (Wildman–Crippen MR) is 108 cm³/mol. The number of aliphatic carboxylic acids is 1. The summed E-state index contributed by atoms with van der Waals surface area (Å²) in [6.07, 6.45) is -6.16. The maximum absolute atomic E-state index is 12.0. The molecule has 1 saturated heterocycles. The Balaban J connectivity index is 2.86. The number of hydrogen-bond donors (Lipinski definition) is 7. The van der Waals surface area contributed by atoms with Crippen molar-refractivity contribution in [1.29, 1.82) is 0 Å². The van der Waals surface area contributed by atoms with Gasteiger partial charge in [0.15, 0.2) is 0 Å². The largest absolute Gasteiger partial charge is 0.478 e. The fraction of sp³-hybridized carbons (Fsp3) is 0.889. The molecule has 1 unspecified atom stereocenters. The first-order chi connectivity index (χ1) is 14.7. The van der Waals surface area contributed by atoms with Crippen molar-refractivity contribution in [2.75, 3.05) is 45.4 Å². The van der Waals surface area contributed by atoms with E-state index in [1.165, 1.54) is 0 Å². The number of carbonyl (C=O) groups is 2. The third kappa shape index (κ3) is 8.44. The topological polar surface area (TPSA) is 195 Å². The number of rotatable bonds is 15. The van der Waals surface area contributed by atoms with E-state index in [0.29, 0.717) is 19.8 Å². The van der Waals surface area contributed by atoms with Gasteiger partial charge in [-0.05, 0) is 6.42 Å². The Morgan fingerprint density at radius 3 is 2.39 bits per heavy atom. The molecule has 0 aromatic carbocycles. The van der Waals surface area contributed by atoms with Crippen LogP contribution >= 0.6 is 11.8 Å². The van der Waals surface area contributed by atoms with Gasteiger partial charge in [0.2, 0.25) is 10.8 Å². The van der Waals surface area contributed by atoms with Gasteiger partial charge in [-0.1, -0.05) is 6.92 Å². The molecule has 1 rings (SSSR count). The van der Waals surface area contributed by atoms with E-state index in [0.717, 1.165) is 18.2 Å². The second-order valence-corrected chi connectivity index (χ2v) is 8.33. The molecule has 0 aromatic heterocycles. The molecule has 1 fully saturated rings. The number of aliphatic hydroxyl groups is 5. The Hall–Kier alpha value is -1.03. The summed E-state index contributed by atoms with van der Waals surface area (Å²) in [5, 5.41) is 60.8. The molecule has 13 heteroatoms. The van der Waals surface area contributed by atoms with Gasteiger partial charge in [0, 0.05) is 18.8 Å². The SMILES string of the molecule is CCCOCCOCCSC1(C(=O)O)C[C@H](O)[C@@H](NC(=O)CO)[C@H]([C@H](O)[C@H](O)CO)O1. The summed E-state index contributed by atoms with van der Waals surface area (Å²) in [4.78, 5) is 21.6. The van der Waals surface area contributed by atoms with Crippen LogP contribution in [0.25, 0.3) is 0 Å². The molecule has 12 nitrogen and oxygen atoms in total. The lowest BCUT2D eigenvalue weighted by atomic mass is 9.89. The van der Waals surface area contributed by atoms with Crippen molar-refractivity contribution >= 4 is 23.6 Å². The lowest BCUT2D eigenvalue weighted by Gasteiger charge is -2.46. The first-order valence-corrected chi connectivity index (χ1v) is 11.0. The zero-order valence-corrected chi connectivity index (χ0v) is 18.2. The Labute approximate surface area is 184 Å². The average molecular weight is 472 g/mol. The van der Waals surface area contributed by atoms with Gasteiger partial charge in [-0.3, -0.25) is 4.79 Å². The van der Waals surface area contributed by atoms with Crippen molar-refractivity contribution in [3.63, 3.8) is 0 Å². The van der Waals surface area contributed by atoms with Gasteiger partial charge in [-0.25, -0.2) is 4.79 Å². The van der Waals surface area contributed by atoms with Gasteiger partial charge in [0.25, 0.3) is 0 Å². The Morgan fingerprint density at radius 2 is 1.84 bits per heavy atom. The lowest BCUT2D eigenvalue weighted by molar-refractivity contribution is -0.205. The van der Waals surface area contributed by atoms with Crippen LogP contribution in [0.5, 0.6) is 0 Å². The maximum atomic E-state index is 12.0. The molecule has 182 valence electrons. The minimum absolute atomic E-state index is 0.172. The molecular formula is C18H33NO11S. The van der Waals surface area contributed by atoms with Crippen LogP contribution in [0.15, 0.2) is 0 Å². The second kappa shape index (κ2) is 14.2. The minimum Gasteiger partial charge on any atom is -0.478 e. The van der Waals surface area contributed by atoms with Crippen LogP contribution in [0.2, 0.25) is 0 Å². The molecule has 31 heavy (non-hydrogen) atoms. The molecule has 1 aliphatic rings. The first kappa shape index (κ1) is 28.0. The summed E-state index contributed by atoms with van der Waals surface area (Å²) in [6, 6.07) is -1.32. The zero-order valence-electron chi connectivity index (χ0n) is 17.4. The first-order valence-electron chi connectivity index (χ1n) is 9.98. The van der Waals surface area contributed by atoms with E-state index in [1.807, 2.05) is 6.92 Å². The molecule has 0 aliphatic carbocycles. The Bertz CT molecular complexity index is 555. The van der Waals surface area contributed by atoms with Crippen molar-refractivity contribution in [2.45, 2.75) is 55.2 Å². The van der Waals surface area contributed by atoms with Crippen molar-refractivity contribution in [1.82, 2.24) is 5.32 Å². The zero-order chi connectivity index (χ0) is 23.4. The average Bonchev–Trinajstić information content (AvgIpc) is 2.75. The van der Waals surface area contributed by atoms with E-state index in [9.17, 15) is 30.0 Å². The number of hydrogen-bond acceptors (Lipinski definition) is 11. The number of thioether (sulfide) groups is 1. The van der Waals surface area contributed by atoms with Gasteiger partial charge in [-0.15, -0.1) is 11.8 Å². The van der Waals surface area contributed by atoms with E-state index in [2.05, 4.69) is 5.32 Å². The summed E-state index contributed by atoms with van der Waals surface area (Å²) in [5.74, 6) is -2.14. The number of aliphatic hydroxyl groups excluding tert-OH is 5. The second-order valence-electron chi connectivity index (χ2n) is 6.98. The highest BCUT2D eigenvalue weighted by molar-refractivity contribution is 8.01. The molecule has 6 atom stereocenters.